The van der Waals surface area contributed by atoms with E-state index in [1.165, 1.54) is 0 Å². The zero-order valence-electron chi connectivity index (χ0n) is 10.0. The molecule has 6 heteroatoms. The Morgan fingerprint density at radius 3 is 2.89 bits per heavy atom. The van der Waals surface area contributed by atoms with Gasteiger partial charge in [0.1, 0.15) is 11.4 Å². The minimum atomic E-state index is -1.05. The van der Waals surface area contributed by atoms with Gasteiger partial charge >= 0.3 is 0 Å². The Morgan fingerprint density at radius 2 is 2.28 bits per heavy atom. The second-order valence-electron chi connectivity index (χ2n) is 4.57. The van der Waals surface area contributed by atoms with Crippen molar-refractivity contribution in [1.82, 2.24) is 0 Å². The number of ether oxygens (including phenoxy) is 1. The number of halogens is 2. The minimum absolute atomic E-state index is 0.126. The Bertz CT molecular complexity index is 456. The molecular weight excluding hydrogens is 242 g/mol. The molecule has 18 heavy (non-hydrogen) atoms. The number of nitrogen functional groups attached to an aromatic ring is 1. The van der Waals surface area contributed by atoms with Crippen LogP contribution in [0, 0.1) is 11.6 Å². The van der Waals surface area contributed by atoms with E-state index < -0.39 is 17.2 Å². The summed E-state index contributed by atoms with van der Waals surface area (Å²) < 4.78 is 31.5. The van der Waals surface area contributed by atoms with Gasteiger partial charge in [0, 0.05) is 25.6 Å². The molecule has 2 unspecified atom stereocenters. The van der Waals surface area contributed by atoms with Gasteiger partial charge in [-0.1, -0.05) is 0 Å². The highest BCUT2D eigenvalue weighted by Crippen LogP contribution is 2.28. The van der Waals surface area contributed by atoms with Gasteiger partial charge in [0.2, 0.25) is 0 Å². The van der Waals surface area contributed by atoms with Crippen LogP contribution in [0.2, 0.25) is 0 Å². The molecule has 2 atom stereocenters. The van der Waals surface area contributed by atoms with Crippen molar-refractivity contribution in [3.8, 4) is 0 Å². The highest BCUT2D eigenvalue weighted by Gasteiger charge is 2.39. The van der Waals surface area contributed by atoms with E-state index in [2.05, 4.69) is 5.32 Å². The van der Waals surface area contributed by atoms with Gasteiger partial charge in [0.25, 0.3) is 0 Å². The molecule has 2 rings (SSSR count). The molecule has 1 aromatic rings. The molecule has 0 radical (unpaired) electrons. The third-order valence-corrected chi connectivity index (χ3v) is 3.34. The predicted octanol–water partition coefficient (Wildman–Crippen LogP) is 1.50. The zero-order chi connectivity index (χ0) is 13.3. The normalized spacial score (nSPS) is 27.4. The third kappa shape index (κ3) is 2.39. The molecule has 0 amide bonds. The van der Waals surface area contributed by atoms with Crippen molar-refractivity contribution in [1.29, 1.82) is 0 Å². The van der Waals surface area contributed by atoms with Crippen molar-refractivity contribution in [2.24, 2.45) is 0 Å². The fraction of sp³-hybridized carbons (Fsp3) is 0.500. The summed E-state index contributed by atoms with van der Waals surface area (Å²) in [6, 6.07) is 1.82. The van der Waals surface area contributed by atoms with Gasteiger partial charge in [-0.2, -0.15) is 0 Å². The first-order chi connectivity index (χ1) is 8.42. The fourth-order valence-corrected chi connectivity index (χ4v) is 1.98. The van der Waals surface area contributed by atoms with Crippen LogP contribution >= 0.6 is 0 Å². The van der Waals surface area contributed by atoms with E-state index in [0.717, 1.165) is 12.1 Å². The van der Waals surface area contributed by atoms with Crippen LogP contribution in [0.15, 0.2) is 12.1 Å². The van der Waals surface area contributed by atoms with Crippen LogP contribution in [0.4, 0.5) is 20.2 Å². The summed E-state index contributed by atoms with van der Waals surface area (Å²) in [6.07, 6.45) is 0.142. The molecule has 100 valence electrons. The quantitative estimate of drug-likeness (QED) is 0.719. The first-order valence-corrected chi connectivity index (χ1v) is 5.75. The summed E-state index contributed by atoms with van der Waals surface area (Å²) in [4.78, 5) is 0. The van der Waals surface area contributed by atoms with E-state index in [4.69, 9.17) is 10.5 Å². The largest absolute Gasteiger partial charge is 0.395 e. The van der Waals surface area contributed by atoms with Crippen molar-refractivity contribution in [2.75, 3.05) is 24.2 Å². The van der Waals surface area contributed by atoms with E-state index in [1.54, 1.807) is 6.92 Å². The Kier molecular flexibility index (Phi) is 3.41. The van der Waals surface area contributed by atoms with Crippen LogP contribution in [-0.4, -0.2) is 30.0 Å². The molecule has 1 fully saturated rings. The van der Waals surface area contributed by atoms with Crippen LogP contribution in [-0.2, 0) is 4.74 Å². The zero-order valence-corrected chi connectivity index (χ0v) is 10.0. The van der Waals surface area contributed by atoms with Gasteiger partial charge in [0.15, 0.2) is 5.82 Å². The lowest BCUT2D eigenvalue weighted by molar-refractivity contribution is -0.0175. The lowest BCUT2D eigenvalue weighted by atomic mass is 9.96. The van der Waals surface area contributed by atoms with E-state index in [1.807, 2.05) is 0 Å². The average molecular weight is 258 g/mol. The summed E-state index contributed by atoms with van der Waals surface area (Å²) in [5.41, 5.74) is 4.43. The Hall–Kier alpha value is -1.40. The standard InChI is InChI=1S/C12H16F2N2O2/c1-7-12(17,2-3-18-7)6-16-10-5-8(13)4-9(14)11(10)15/h4-5,7,16-17H,2-3,6,15H2,1H3. The smallest absolute Gasteiger partial charge is 0.151 e. The average Bonchev–Trinajstić information content (AvgIpc) is 2.63. The van der Waals surface area contributed by atoms with Crippen molar-refractivity contribution in [3.63, 3.8) is 0 Å². The molecule has 0 bridgehead atoms. The van der Waals surface area contributed by atoms with Crippen molar-refractivity contribution < 1.29 is 18.6 Å². The number of rotatable bonds is 3. The Balaban J connectivity index is 2.11. The maximum Gasteiger partial charge on any atom is 0.151 e. The van der Waals surface area contributed by atoms with Crippen molar-refractivity contribution in [3.05, 3.63) is 23.8 Å². The highest BCUT2D eigenvalue weighted by atomic mass is 19.1. The third-order valence-electron chi connectivity index (χ3n) is 3.34. The summed E-state index contributed by atoms with van der Waals surface area (Å²) in [7, 11) is 0. The lowest BCUT2D eigenvalue weighted by Crippen LogP contribution is -2.43. The molecule has 0 saturated carbocycles. The molecule has 4 N–H and O–H groups in total. The van der Waals surface area contributed by atoms with Crippen molar-refractivity contribution >= 4 is 11.4 Å². The summed E-state index contributed by atoms with van der Waals surface area (Å²) in [6.45, 7) is 2.35. The summed E-state index contributed by atoms with van der Waals surface area (Å²) in [5.74, 6) is -1.54. The number of aliphatic hydroxyl groups is 1. The number of anilines is 2. The second-order valence-corrected chi connectivity index (χ2v) is 4.57. The second kappa shape index (κ2) is 4.70. The summed E-state index contributed by atoms with van der Waals surface area (Å²) >= 11 is 0. The molecule has 1 saturated heterocycles. The molecule has 1 aromatic carbocycles. The van der Waals surface area contributed by atoms with E-state index in [9.17, 15) is 13.9 Å². The van der Waals surface area contributed by atoms with Gasteiger partial charge in [-0.3, -0.25) is 0 Å². The van der Waals surface area contributed by atoms with Crippen molar-refractivity contribution in [2.45, 2.75) is 25.0 Å². The topological polar surface area (TPSA) is 67.5 Å². The van der Waals surface area contributed by atoms with Crippen LogP contribution in [0.5, 0.6) is 0 Å². The highest BCUT2D eigenvalue weighted by molar-refractivity contribution is 5.66. The molecule has 0 aliphatic carbocycles. The maximum absolute atomic E-state index is 13.2. The van der Waals surface area contributed by atoms with Gasteiger partial charge in [-0.15, -0.1) is 0 Å². The van der Waals surface area contributed by atoms with Crippen LogP contribution in [0.25, 0.3) is 0 Å². The molecule has 1 aliphatic heterocycles. The maximum atomic E-state index is 13.2. The number of nitrogens with two attached hydrogens (primary N) is 1. The van der Waals surface area contributed by atoms with Gasteiger partial charge in [-0.25, -0.2) is 8.78 Å². The number of benzene rings is 1. The van der Waals surface area contributed by atoms with E-state index in [0.29, 0.717) is 13.0 Å². The molecule has 1 aliphatic rings. The van der Waals surface area contributed by atoms with Crippen LogP contribution < -0.4 is 11.1 Å². The minimum Gasteiger partial charge on any atom is -0.395 e. The van der Waals surface area contributed by atoms with E-state index >= 15 is 0 Å². The van der Waals surface area contributed by atoms with Crippen LogP contribution in [0.1, 0.15) is 13.3 Å². The molecule has 0 aromatic heterocycles. The molecular formula is C12H16F2N2O2. The van der Waals surface area contributed by atoms with Gasteiger partial charge in [0.05, 0.1) is 17.5 Å². The number of nitrogens with one attached hydrogen (secondary N) is 1. The van der Waals surface area contributed by atoms with Gasteiger partial charge in [-0.05, 0) is 13.0 Å². The first kappa shape index (κ1) is 13.0. The molecule has 0 spiro atoms. The Morgan fingerprint density at radius 1 is 1.56 bits per heavy atom. The van der Waals surface area contributed by atoms with Crippen LogP contribution in [0.3, 0.4) is 0 Å². The predicted molar refractivity (Wildman–Crippen MR) is 64.2 cm³/mol. The lowest BCUT2D eigenvalue weighted by Gasteiger charge is -2.27. The number of hydrogen-bond acceptors (Lipinski definition) is 4. The number of hydrogen-bond donors (Lipinski definition) is 3. The molecule has 1 heterocycles. The fourth-order valence-electron chi connectivity index (χ4n) is 1.98. The SMILES string of the molecule is CC1OCCC1(O)CNc1cc(F)cc(F)c1N. The molecule has 4 nitrogen and oxygen atoms in total. The summed E-state index contributed by atoms with van der Waals surface area (Å²) in [5, 5.41) is 13.0. The van der Waals surface area contributed by atoms with E-state index in [-0.39, 0.29) is 24.0 Å². The first-order valence-electron chi connectivity index (χ1n) is 5.75. The van der Waals surface area contributed by atoms with Gasteiger partial charge < -0.3 is 20.9 Å². The Labute approximate surface area is 104 Å². The monoisotopic (exact) mass is 258 g/mol.